The fourth-order valence-corrected chi connectivity index (χ4v) is 2.86. The van der Waals surface area contributed by atoms with Crippen LogP contribution in [0.25, 0.3) is 0 Å². The van der Waals surface area contributed by atoms with E-state index in [4.69, 9.17) is 5.73 Å². The minimum atomic E-state index is -0.347. The van der Waals surface area contributed by atoms with Gasteiger partial charge in [0.15, 0.2) is 0 Å². The van der Waals surface area contributed by atoms with E-state index < -0.39 is 0 Å². The van der Waals surface area contributed by atoms with Gasteiger partial charge in [0.2, 0.25) is 5.91 Å². The molecule has 0 spiro atoms. The van der Waals surface area contributed by atoms with E-state index in [0.717, 1.165) is 6.42 Å². The molecule has 3 amide bonds. The molecule has 2 aliphatic heterocycles. The predicted molar refractivity (Wildman–Crippen MR) is 76.6 cm³/mol. The van der Waals surface area contributed by atoms with E-state index in [1.165, 1.54) is 4.90 Å². The number of carbonyl (C=O) groups excluding carboxylic acids is 3. The maximum atomic E-state index is 12.4. The Morgan fingerprint density at radius 1 is 1.29 bits per heavy atom. The Labute approximate surface area is 122 Å². The summed E-state index contributed by atoms with van der Waals surface area (Å²) in [6, 6.07) is 4.66. The number of benzene rings is 1. The molecule has 1 fully saturated rings. The van der Waals surface area contributed by atoms with Crippen LogP contribution in [-0.2, 0) is 4.79 Å². The molecule has 0 atom stereocenters. The summed E-state index contributed by atoms with van der Waals surface area (Å²) in [5, 5.41) is 0. The maximum absolute atomic E-state index is 12.4. The first-order chi connectivity index (χ1) is 10.0. The third-order valence-electron chi connectivity index (χ3n) is 4.02. The third-order valence-corrected chi connectivity index (χ3v) is 4.02. The molecular weight excluding hydrogens is 270 g/mol. The number of imide groups is 1. The number of likely N-dealkylation sites (tertiary alicyclic amines) is 1. The van der Waals surface area contributed by atoms with Crippen LogP contribution < -0.4 is 5.73 Å². The largest absolute Gasteiger partial charge is 0.398 e. The highest BCUT2D eigenvalue weighted by molar-refractivity contribution is 6.23. The lowest BCUT2D eigenvalue weighted by Gasteiger charge is -2.43. The Morgan fingerprint density at radius 3 is 2.62 bits per heavy atom. The van der Waals surface area contributed by atoms with E-state index in [1.54, 1.807) is 23.1 Å². The topological polar surface area (TPSA) is 83.7 Å². The molecule has 21 heavy (non-hydrogen) atoms. The zero-order chi connectivity index (χ0) is 15.1. The van der Waals surface area contributed by atoms with Crippen LogP contribution in [0.3, 0.4) is 0 Å². The summed E-state index contributed by atoms with van der Waals surface area (Å²) in [6.07, 6.45) is 1.30. The van der Waals surface area contributed by atoms with Crippen molar-refractivity contribution in [3.63, 3.8) is 0 Å². The lowest BCUT2D eigenvalue weighted by molar-refractivity contribution is -0.137. The van der Waals surface area contributed by atoms with Crippen LogP contribution in [0.15, 0.2) is 18.2 Å². The fourth-order valence-electron chi connectivity index (χ4n) is 2.86. The van der Waals surface area contributed by atoms with E-state index in [-0.39, 0.29) is 23.8 Å². The Hall–Kier alpha value is -2.37. The molecule has 3 rings (SSSR count). The van der Waals surface area contributed by atoms with Crippen molar-refractivity contribution in [2.24, 2.45) is 0 Å². The molecule has 1 aromatic rings. The monoisotopic (exact) mass is 287 g/mol. The van der Waals surface area contributed by atoms with Crippen molar-refractivity contribution in [2.75, 3.05) is 18.8 Å². The number of nitrogens with two attached hydrogens (primary N) is 1. The zero-order valence-corrected chi connectivity index (χ0v) is 11.8. The first-order valence-electron chi connectivity index (χ1n) is 7.08. The van der Waals surface area contributed by atoms with Gasteiger partial charge in [0.25, 0.3) is 11.8 Å². The van der Waals surface area contributed by atoms with Gasteiger partial charge in [-0.2, -0.15) is 0 Å². The highest BCUT2D eigenvalue weighted by atomic mass is 16.2. The third kappa shape index (κ3) is 1.98. The van der Waals surface area contributed by atoms with Crippen LogP contribution in [0.4, 0.5) is 5.69 Å². The van der Waals surface area contributed by atoms with E-state index in [9.17, 15) is 14.4 Å². The Kier molecular flexibility index (Phi) is 3.16. The SMILES string of the molecule is CCCC(=O)N1CC(N2C(=O)c3cccc(N)c3C2=O)C1. The molecule has 2 aliphatic rings. The van der Waals surface area contributed by atoms with Gasteiger partial charge >= 0.3 is 0 Å². The number of fused-ring (bicyclic) bond motifs is 1. The van der Waals surface area contributed by atoms with Crippen LogP contribution in [-0.4, -0.2) is 46.7 Å². The molecule has 1 aromatic carbocycles. The highest BCUT2D eigenvalue weighted by Gasteiger charge is 2.46. The smallest absolute Gasteiger partial charge is 0.264 e. The summed E-state index contributed by atoms with van der Waals surface area (Å²) >= 11 is 0. The van der Waals surface area contributed by atoms with Crippen LogP contribution in [0.2, 0.25) is 0 Å². The molecule has 0 bridgehead atoms. The van der Waals surface area contributed by atoms with Gasteiger partial charge in [-0.05, 0) is 18.6 Å². The van der Waals surface area contributed by atoms with Crippen molar-refractivity contribution < 1.29 is 14.4 Å². The Bertz CT molecular complexity index is 635. The number of hydrogen-bond acceptors (Lipinski definition) is 4. The molecule has 2 N–H and O–H groups in total. The molecule has 6 nitrogen and oxygen atoms in total. The number of nitrogen functional groups attached to an aromatic ring is 1. The molecule has 0 aromatic heterocycles. The minimum Gasteiger partial charge on any atom is -0.398 e. The number of rotatable bonds is 3. The summed E-state index contributed by atoms with van der Waals surface area (Å²) in [6.45, 7) is 2.79. The zero-order valence-electron chi connectivity index (χ0n) is 11.8. The summed E-state index contributed by atoms with van der Waals surface area (Å²) in [5.74, 6) is -0.583. The molecular formula is C15H17N3O3. The molecule has 2 heterocycles. The molecule has 0 radical (unpaired) electrons. The van der Waals surface area contributed by atoms with Gasteiger partial charge < -0.3 is 10.6 Å². The second kappa shape index (κ2) is 4.87. The number of amides is 3. The van der Waals surface area contributed by atoms with Crippen molar-refractivity contribution in [3.8, 4) is 0 Å². The molecule has 0 saturated carbocycles. The normalized spacial score (nSPS) is 18.0. The van der Waals surface area contributed by atoms with Crippen molar-refractivity contribution in [1.82, 2.24) is 9.80 Å². The molecule has 110 valence electrons. The van der Waals surface area contributed by atoms with Crippen molar-refractivity contribution in [1.29, 1.82) is 0 Å². The molecule has 0 unspecified atom stereocenters. The second-order valence-electron chi connectivity index (χ2n) is 5.45. The van der Waals surface area contributed by atoms with E-state index in [0.29, 0.717) is 36.3 Å². The lowest BCUT2D eigenvalue weighted by atomic mass is 10.1. The van der Waals surface area contributed by atoms with Crippen molar-refractivity contribution in [3.05, 3.63) is 29.3 Å². The van der Waals surface area contributed by atoms with Gasteiger partial charge in [-0.3, -0.25) is 19.3 Å². The summed E-state index contributed by atoms with van der Waals surface area (Å²) in [5.41, 5.74) is 6.77. The Morgan fingerprint density at radius 2 is 2.00 bits per heavy atom. The van der Waals surface area contributed by atoms with Gasteiger partial charge in [0.05, 0.1) is 17.2 Å². The van der Waals surface area contributed by atoms with Gasteiger partial charge in [-0.15, -0.1) is 0 Å². The number of carbonyl (C=O) groups is 3. The van der Waals surface area contributed by atoms with Gasteiger partial charge in [0.1, 0.15) is 0 Å². The average molecular weight is 287 g/mol. The highest BCUT2D eigenvalue weighted by Crippen LogP contribution is 2.31. The summed E-state index contributed by atoms with van der Waals surface area (Å²) in [4.78, 5) is 39.4. The molecule has 0 aliphatic carbocycles. The fraction of sp³-hybridized carbons (Fsp3) is 0.400. The molecule has 6 heteroatoms. The van der Waals surface area contributed by atoms with Gasteiger partial charge in [-0.25, -0.2) is 0 Å². The van der Waals surface area contributed by atoms with E-state index in [1.807, 2.05) is 6.92 Å². The predicted octanol–water partition coefficient (Wildman–Crippen LogP) is 0.876. The molecule has 1 saturated heterocycles. The first kappa shape index (κ1) is 13.6. The second-order valence-corrected chi connectivity index (χ2v) is 5.45. The summed E-state index contributed by atoms with van der Waals surface area (Å²) < 4.78 is 0. The average Bonchev–Trinajstić information content (AvgIpc) is 2.64. The van der Waals surface area contributed by atoms with Crippen LogP contribution >= 0.6 is 0 Å². The standard InChI is InChI=1S/C15H17N3O3/c1-2-4-12(19)17-7-9(8-17)18-14(20)10-5-3-6-11(16)13(10)15(18)21/h3,5-6,9H,2,4,7-8,16H2,1H3. The Balaban J connectivity index is 1.76. The van der Waals surface area contributed by atoms with Gasteiger partial charge in [-0.1, -0.05) is 13.0 Å². The summed E-state index contributed by atoms with van der Waals surface area (Å²) in [7, 11) is 0. The van der Waals surface area contributed by atoms with Crippen molar-refractivity contribution in [2.45, 2.75) is 25.8 Å². The van der Waals surface area contributed by atoms with Crippen LogP contribution in [0.1, 0.15) is 40.5 Å². The first-order valence-corrected chi connectivity index (χ1v) is 7.08. The number of hydrogen-bond donors (Lipinski definition) is 1. The number of anilines is 1. The maximum Gasteiger partial charge on any atom is 0.264 e. The van der Waals surface area contributed by atoms with Crippen molar-refractivity contribution >= 4 is 23.4 Å². The lowest BCUT2D eigenvalue weighted by Crippen LogP contribution is -2.62. The van der Waals surface area contributed by atoms with Crippen LogP contribution in [0.5, 0.6) is 0 Å². The van der Waals surface area contributed by atoms with E-state index >= 15 is 0 Å². The van der Waals surface area contributed by atoms with E-state index in [2.05, 4.69) is 0 Å². The van der Waals surface area contributed by atoms with Gasteiger partial charge in [0, 0.05) is 25.2 Å². The number of nitrogens with zero attached hydrogens (tertiary/aromatic N) is 2. The minimum absolute atomic E-state index is 0.0740. The quantitative estimate of drug-likeness (QED) is 0.660. The van der Waals surface area contributed by atoms with Crippen LogP contribution in [0, 0.1) is 0 Å².